The van der Waals surface area contributed by atoms with Gasteiger partial charge in [-0.3, -0.25) is 4.90 Å². The molecule has 0 radical (unpaired) electrons. The minimum absolute atomic E-state index is 0.0345. The molecule has 27 heavy (non-hydrogen) atoms. The average Bonchev–Trinajstić information content (AvgIpc) is 3.31. The molecule has 5 heteroatoms. The Kier molecular flexibility index (Phi) is 3.76. The van der Waals surface area contributed by atoms with E-state index in [-0.39, 0.29) is 6.04 Å². The summed E-state index contributed by atoms with van der Waals surface area (Å²) in [5.74, 6) is 0.351. The fourth-order valence-corrected chi connectivity index (χ4v) is 4.14. The maximum absolute atomic E-state index is 10.3. The Morgan fingerprint density at radius 3 is 2.96 bits per heavy atom. The van der Waals surface area contributed by atoms with Crippen molar-refractivity contribution in [1.82, 2.24) is 19.9 Å². The lowest BCUT2D eigenvalue weighted by Crippen LogP contribution is -2.36. The van der Waals surface area contributed by atoms with Crippen LogP contribution in [-0.2, 0) is 13.0 Å². The Labute approximate surface area is 157 Å². The summed E-state index contributed by atoms with van der Waals surface area (Å²) >= 11 is 0. The first-order chi connectivity index (χ1) is 13.2. The molecule has 2 aromatic heterocycles. The van der Waals surface area contributed by atoms with Crippen molar-refractivity contribution >= 4 is 10.9 Å². The van der Waals surface area contributed by atoms with E-state index in [9.17, 15) is 5.11 Å². The van der Waals surface area contributed by atoms with Crippen LogP contribution in [0.4, 0.5) is 0 Å². The minimum Gasteiger partial charge on any atom is -0.508 e. The molecule has 4 aromatic rings. The highest BCUT2D eigenvalue weighted by Gasteiger charge is 2.32. The number of hydrogen-bond donors (Lipinski definition) is 3. The topological polar surface area (TPSA) is 67.9 Å². The van der Waals surface area contributed by atoms with Gasteiger partial charge in [-0.2, -0.15) is 0 Å². The average molecular weight is 358 g/mol. The van der Waals surface area contributed by atoms with Crippen LogP contribution in [-0.4, -0.2) is 31.5 Å². The highest BCUT2D eigenvalue weighted by atomic mass is 16.3. The SMILES string of the molecule is Cc1ccc(O)c(CN2CCc3[nH]cnc3C2c2cc3ccccc3[nH]2)c1. The lowest BCUT2D eigenvalue weighted by Gasteiger charge is -2.34. The fourth-order valence-electron chi connectivity index (χ4n) is 4.14. The first-order valence-electron chi connectivity index (χ1n) is 9.31. The molecule has 5 nitrogen and oxygen atoms in total. The molecule has 3 N–H and O–H groups in total. The number of rotatable bonds is 3. The van der Waals surface area contributed by atoms with Crippen LogP contribution in [0, 0.1) is 6.92 Å². The number of phenols is 1. The maximum Gasteiger partial charge on any atom is 0.120 e. The van der Waals surface area contributed by atoms with Gasteiger partial charge in [-0.05, 0) is 30.5 Å². The van der Waals surface area contributed by atoms with Crippen LogP contribution in [0.15, 0.2) is 54.9 Å². The van der Waals surface area contributed by atoms with Crippen LogP contribution in [0.3, 0.4) is 0 Å². The molecule has 0 aliphatic carbocycles. The Balaban J connectivity index is 1.58. The largest absolute Gasteiger partial charge is 0.508 e. The molecule has 1 aliphatic heterocycles. The van der Waals surface area contributed by atoms with Crippen LogP contribution >= 0.6 is 0 Å². The number of phenolic OH excluding ortho intramolecular Hbond substituents is 1. The molecule has 0 saturated heterocycles. The van der Waals surface area contributed by atoms with Gasteiger partial charge in [-0.1, -0.05) is 35.9 Å². The van der Waals surface area contributed by atoms with Gasteiger partial charge in [0.1, 0.15) is 5.75 Å². The first kappa shape index (κ1) is 16.1. The third kappa shape index (κ3) is 2.80. The van der Waals surface area contributed by atoms with Gasteiger partial charge in [0.05, 0.1) is 18.1 Å². The quantitative estimate of drug-likeness (QED) is 0.517. The number of benzene rings is 2. The van der Waals surface area contributed by atoms with Gasteiger partial charge in [0.25, 0.3) is 0 Å². The molecule has 1 atom stereocenters. The molecular weight excluding hydrogens is 336 g/mol. The molecule has 1 aliphatic rings. The maximum atomic E-state index is 10.3. The van der Waals surface area contributed by atoms with Gasteiger partial charge in [0, 0.05) is 42.0 Å². The van der Waals surface area contributed by atoms with Crippen molar-refractivity contribution < 1.29 is 5.11 Å². The van der Waals surface area contributed by atoms with Gasteiger partial charge in [0.15, 0.2) is 0 Å². The van der Waals surface area contributed by atoms with Crippen LogP contribution < -0.4 is 0 Å². The number of fused-ring (bicyclic) bond motifs is 2. The summed E-state index contributed by atoms with van der Waals surface area (Å²) in [7, 11) is 0. The second-order valence-electron chi connectivity index (χ2n) is 7.33. The number of H-pyrrole nitrogens is 2. The summed E-state index contributed by atoms with van der Waals surface area (Å²) in [6, 6.07) is 16.4. The smallest absolute Gasteiger partial charge is 0.120 e. The van der Waals surface area contributed by atoms with Crippen LogP contribution in [0.2, 0.25) is 0 Å². The van der Waals surface area contributed by atoms with E-state index in [4.69, 9.17) is 0 Å². The monoisotopic (exact) mass is 358 g/mol. The number of aromatic hydroxyl groups is 1. The zero-order chi connectivity index (χ0) is 18.4. The van der Waals surface area contributed by atoms with Crippen LogP contribution in [0.25, 0.3) is 10.9 Å². The first-order valence-corrected chi connectivity index (χ1v) is 9.31. The van der Waals surface area contributed by atoms with Crippen LogP contribution in [0.1, 0.15) is 34.3 Å². The molecular formula is C22H22N4O. The molecule has 2 aromatic carbocycles. The summed E-state index contributed by atoms with van der Waals surface area (Å²) in [5, 5.41) is 11.5. The predicted molar refractivity (Wildman–Crippen MR) is 106 cm³/mol. The Hall–Kier alpha value is -3.05. The molecule has 136 valence electrons. The third-order valence-electron chi connectivity index (χ3n) is 5.48. The Morgan fingerprint density at radius 1 is 1.19 bits per heavy atom. The predicted octanol–water partition coefficient (Wildman–Crippen LogP) is 4.05. The molecule has 3 heterocycles. The Morgan fingerprint density at radius 2 is 2.07 bits per heavy atom. The molecule has 5 rings (SSSR count). The van der Waals surface area contributed by atoms with Gasteiger partial charge >= 0.3 is 0 Å². The van der Waals surface area contributed by atoms with Gasteiger partial charge in [0.2, 0.25) is 0 Å². The molecule has 0 bridgehead atoms. The van der Waals surface area contributed by atoms with Crippen molar-refractivity contribution in [2.24, 2.45) is 0 Å². The molecule has 0 spiro atoms. The second-order valence-corrected chi connectivity index (χ2v) is 7.33. The van der Waals surface area contributed by atoms with E-state index < -0.39 is 0 Å². The van der Waals surface area contributed by atoms with Gasteiger partial charge in [-0.25, -0.2) is 4.98 Å². The van der Waals surface area contributed by atoms with Gasteiger partial charge in [-0.15, -0.1) is 0 Å². The third-order valence-corrected chi connectivity index (χ3v) is 5.48. The highest BCUT2D eigenvalue weighted by molar-refractivity contribution is 5.80. The second kappa shape index (κ2) is 6.28. The number of imidazole rings is 1. The standard InChI is InChI=1S/C22H22N4O/c1-14-6-7-20(27)16(10-14)12-26-9-8-18-21(24-13-23-18)22(26)19-11-15-4-2-3-5-17(15)25-19/h2-7,10-11,13,22,25,27H,8-9,12H2,1H3,(H,23,24). The van der Waals surface area contributed by atoms with E-state index in [1.54, 1.807) is 12.4 Å². The lowest BCUT2D eigenvalue weighted by molar-refractivity contribution is 0.195. The summed E-state index contributed by atoms with van der Waals surface area (Å²) in [5.41, 5.74) is 6.64. The van der Waals surface area contributed by atoms with E-state index in [1.807, 2.05) is 12.1 Å². The minimum atomic E-state index is 0.0345. The number of nitrogens with zero attached hydrogens (tertiary/aromatic N) is 2. The van der Waals surface area contributed by atoms with E-state index in [1.165, 1.54) is 11.1 Å². The highest BCUT2D eigenvalue weighted by Crippen LogP contribution is 2.36. The molecule has 1 unspecified atom stereocenters. The lowest BCUT2D eigenvalue weighted by atomic mass is 9.98. The number of aromatic nitrogens is 3. The number of nitrogens with one attached hydrogen (secondary N) is 2. The number of aromatic amines is 2. The summed E-state index contributed by atoms with van der Waals surface area (Å²) in [6.07, 6.45) is 2.71. The zero-order valence-electron chi connectivity index (χ0n) is 15.2. The Bertz CT molecular complexity index is 1080. The summed E-state index contributed by atoms with van der Waals surface area (Å²) < 4.78 is 0. The summed E-state index contributed by atoms with van der Waals surface area (Å²) in [4.78, 5) is 13.9. The van der Waals surface area contributed by atoms with Crippen molar-refractivity contribution in [3.8, 4) is 5.75 Å². The van der Waals surface area contributed by atoms with Crippen molar-refractivity contribution in [1.29, 1.82) is 0 Å². The van der Waals surface area contributed by atoms with Gasteiger partial charge < -0.3 is 15.1 Å². The van der Waals surface area contributed by atoms with E-state index >= 15 is 0 Å². The number of aryl methyl sites for hydroxylation is 1. The van der Waals surface area contributed by atoms with E-state index in [0.717, 1.165) is 41.0 Å². The van der Waals surface area contributed by atoms with Crippen molar-refractivity contribution in [2.45, 2.75) is 25.9 Å². The normalized spacial score (nSPS) is 17.3. The van der Waals surface area contributed by atoms with Crippen molar-refractivity contribution in [3.63, 3.8) is 0 Å². The summed E-state index contributed by atoms with van der Waals surface area (Å²) in [6.45, 7) is 3.64. The van der Waals surface area contributed by atoms with Crippen molar-refractivity contribution in [2.75, 3.05) is 6.54 Å². The number of hydrogen-bond acceptors (Lipinski definition) is 3. The molecule has 0 fully saturated rings. The molecule has 0 saturated carbocycles. The van der Waals surface area contributed by atoms with E-state index in [2.05, 4.69) is 57.1 Å². The van der Waals surface area contributed by atoms with Crippen LogP contribution in [0.5, 0.6) is 5.75 Å². The van der Waals surface area contributed by atoms with Crippen molar-refractivity contribution in [3.05, 3.63) is 83.1 Å². The fraction of sp³-hybridized carbons (Fsp3) is 0.227. The number of para-hydroxylation sites is 1. The van der Waals surface area contributed by atoms with E-state index in [0.29, 0.717) is 12.3 Å². The zero-order valence-corrected chi connectivity index (χ0v) is 15.2. The molecule has 0 amide bonds.